The fourth-order valence-electron chi connectivity index (χ4n) is 3.78. The second kappa shape index (κ2) is 7.46. The minimum absolute atomic E-state index is 0.0287. The smallest absolute Gasteiger partial charge is 0.256 e. The SMILES string of the molecule is Cc1ccc2c(n1)N(C)[C@H](c1ccc(NC(=O)C[C@H]3C=CCC3)cc1)NC2=O. The molecular weight excluding hydrogens is 352 g/mol. The summed E-state index contributed by atoms with van der Waals surface area (Å²) in [6, 6.07) is 11.2. The van der Waals surface area contributed by atoms with E-state index in [1.165, 1.54) is 0 Å². The van der Waals surface area contributed by atoms with Crippen LogP contribution in [0.3, 0.4) is 0 Å². The number of amides is 2. The molecule has 144 valence electrons. The van der Waals surface area contributed by atoms with Crippen LogP contribution in [0, 0.1) is 12.8 Å². The maximum absolute atomic E-state index is 12.5. The number of rotatable bonds is 4. The minimum atomic E-state index is -0.303. The van der Waals surface area contributed by atoms with E-state index in [1.807, 2.05) is 49.2 Å². The van der Waals surface area contributed by atoms with Crippen LogP contribution in [-0.4, -0.2) is 23.8 Å². The van der Waals surface area contributed by atoms with Gasteiger partial charge in [0.2, 0.25) is 5.91 Å². The molecule has 2 N–H and O–H groups in total. The number of aryl methyl sites for hydroxylation is 1. The van der Waals surface area contributed by atoms with E-state index in [-0.39, 0.29) is 18.0 Å². The highest BCUT2D eigenvalue weighted by molar-refractivity contribution is 6.01. The van der Waals surface area contributed by atoms with Crippen molar-refractivity contribution in [1.29, 1.82) is 0 Å². The summed E-state index contributed by atoms with van der Waals surface area (Å²) >= 11 is 0. The predicted octanol–water partition coefficient (Wildman–Crippen LogP) is 3.56. The topological polar surface area (TPSA) is 74.3 Å². The van der Waals surface area contributed by atoms with Gasteiger partial charge >= 0.3 is 0 Å². The van der Waals surface area contributed by atoms with Crippen LogP contribution in [0.15, 0.2) is 48.6 Å². The molecule has 1 aromatic carbocycles. The number of hydrogen-bond donors (Lipinski definition) is 2. The zero-order chi connectivity index (χ0) is 19.7. The summed E-state index contributed by atoms with van der Waals surface area (Å²) in [5.41, 5.74) is 3.14. The lowest BCUT2D eigenvalue weighted by molar-refractivity contribution is -0.116. The molecule has 6 heteroatoms. The fraction of sp³-hybridized carbons (Fsp3) is 0.318. The van der Waals surface area contributed by atoms with Crippen molar-refractivity contribution in [3.63, 3.8) is 0 Å². The highest BCUT2D eigenvalue weighted by Crippen LogP contribution is 2.31. The maximum atomic E-state index is 12.5. The largest absolute Gasteiger partial charge is 0.335 e. The second-order valence-electron chi connectivity index (χ2n) is 7.45. The van der Waals surface area contributed by atoms with Crippen molar-refractivity contribution < 1.29 is 9.59 Å². The Bertz CT molecular complexity index is 936. The Labute approximate surface area is 164 Å². The van der Waals surface area contributed by atoms with Gasteiger partial charge in [-0.2, -0.15) is 0 Å². The third-order valence-electron chi connectivity index (χ3n) is 5.32. The Kier molecular flexibility index (Phi) is 4.86. The summed E-state index contributed by atoms with van der Waals surface area (Å²) in [4.78, 5) is 31.2. The molecule has 1 aliphatic carbocycles. The molecule has 2 amide bonds. The molecule has 0 saturated carbocycles. The van der Waals surface area contributed by atoms with Crippen LogP contribution in [0.2, 0.25) is 0 Å². The van der Waals surface area contributed by atoms with E-state index >= 15 is 0 Å². The molecule has 0 fully saturated rings. The summed E-state index contributed by atoms with van der Waals surface area (Å²) < 4.78 is 0. The minimum Gasteiger partial charge on any atom is -0.335 e. The molecule has 1 aromatic heterocycles. The lowest BCUT2D eigenvalue weighted by Crippen LogP contribution is -2.45. The van der Waals surface area contributed by atoms with Crippen LogP contribution < -0.4 is 15.5 Å². The third-order valence-corrected chi connectivity index (χ3v) is 5.32. The third kappa shape index (κ3) is 3.63. The fourth-order valence-corrected chi connectivity index (χ4v) is 3.78. The van der Waals surface area contributed by atoms with E-state index < -0.39 is 0 Å². The summed E-state index contributed by atoms with van der Waals surface area (Å²) in [6.45, 7) is 1.91. The van der Waals surface area contributed by atoms with E-state index in [0.717, 1.165) is 29.8 Å². The van der Waals surface area contributed by atoms with Crippen LogP contribution in [0.5, 0.6) is 0 Å². The Morgan fingerprint density at radius 1 is 1.25 bits per heavy atom. The van der Waals surface area contributed by atoms with Crippen LogP contribution in [0.1, 0.15) is 47.0 Å². The van der Waals surface area contributed by atoms with Gasteiger partial charge in [0.15, 0.2) is 0 Å². The first-order valence-corrected chi connectivity index (χ1v) is 9.59. The van der Waals surface area contributed by atoms with Crippen molar-refractivity contribution in [3.05, 3.63) is 65.4 Å². The van der Waals surface area contributed by atoms with Gasteiger partial charge in [-0.05, 0) is 55.5 Å². The number of carbonyl (C=O) groups is 2. The van der Waals surface area contributed by atoms with Crippen LogP contribution in [0.4, 0.5) is 11.5 Å². The first-order chi connectivity index (χ1) is 13.5. The normalized spacial score (nSPS) is 20.6. The van der Waals surface area contributed by atoms with Gasteiger partial charge in [0.1, 0.15) is 12.0 Å². The van der Waals surface area contributed by atoms with E-state index in [0.29, 0.717) is 23.7 Å². The van der Waals surface area contributed by atoms with Gasteiger partial charge in [-0.25, -0.2) is 4.98 Å². The quantitative estimate of drug-likeness (QED) is 0.800. The van der Waals surface area contributed by atoms with E-state index in [4.69, 9.17) is 0 Å². The molecule has 0 unspecified atom stereocenters. The number of allylic oxidation sites excluding steroid dienone is 2. The van der Waals surface area contributed by atoms with Crippen LogP contribution in [-0.2, 0) is 4.79 Å². The van der Waals surface area contributed by atoms with Crippen LogP contribution >= 0.6 is 0 Å². The molecule has 1 aliphatic heterocycles. The number of fused-ring (bicyclic) bond motifs is 1. The van der Waals surface area contributed by atoms with Crippen molar-refractivity contribution in [3.8, 4) is 0 Å². The number of anilines is 2. The van der Waals surface area contributed by atoms with E-state index in [9.17, 15) is 9.59 Å². The number of nitrogens with zero attached hydrogens (tertiary/aromatic N) is 2. The summed E-state index contributed by atoms with van der Waals surface area (Å²) in [7, 11) is 1.92. The van der Waals surface area contributed by atoms with Crippen molar-refractivity contribution >= 4 is 23.3 Å². The molecule has 2 aliphatic rings. The molecule has 0 saturated heterocycles. The standard InChI is InChI=1S/C22H24N4O2/c1-14-7-12-18-21(23-14)26(2)20(25-22(18)28)16-8-10-17(11-9-16)24-19(27)13-15-5-3-4-6-15/h3,5,7-12,15,20H,4,6,13H2,1-2H3,(H,24,27)(H,25,28)/t15-,20+/m0/s1. The highest BCUT2D eigenvalue weighted by Gasteiger charge is 2.30. The Morgan fingerprint density at radius 3 is 2.75 bits per heavy atom. The number of nitrogens with one attached hydrogen (secondary N) is 2. The second-order valence-corrected chi connectivity index (χ2v) is 7.45. The highest BCUT2D eigenvalue weighted by atomic mass is 16.2. The molecule has 0 bridgehead atoms. The molecule has 2 aromatic rings. The molecule has 6 nitrogen and oxygen atoms in total. The van der Waals surface area contributed by atoms with Gasteiger partial charge in [0, 0.05) is 24.8 Å². The monoisotopic (exact) mass is 376 g/mol. The van der Waals surface area contributed by atoms with E-state index in [2.05, 4.69) is 27.8 Å². The number of pyridine rings is 1. The van der Waals surface area contributed by atoms with Crippen molar-refractivity contribution in [2.75, 3.05) is 17.3 Å². The number of carbonyl (C=O) groups excluding carboxylic acids is 2. The molecular formula is C22H24N4O2. The van der Waals surface area contributed by atoms with Gasteiger partial charge in [0.25, 0.3) is 5.91 Å². The molecule has 0 radical (unpaired) electrons. The Balaban J connectivity index is 1.47. The lowest BCUT2D eigenvalue weighted by atomic mass is 10.0. The van der Waals surface area contributed by atoms with Crippen molar-refractivity contribution in [2.45, 2.75) is 32.4 Å². The summed E-state index contributed by atoms with van der Waals surface area (Å²) in [5, 5.41) is 5.97. The van der Waals surface area contributed by atoms with Crippen LogP contribution in [0.25, 0.3) is 0 Å². The van der Waals surface area contributed by atoms with Gasteiger partial charge in [-0.3, -0.25) is 9.59 Å². The average molecular weight is 376 g/mol. The molecule has 2 atom stereocenters. The van der Waals surface area contributed by atoms with Gasteiger partial charge in [0.05, 0.1) is 5.56 Å². The number of hydrogen-bond acceptors (Lipinski definition) is 4. The average Bonchev–Trinajstić information content (AvgIpc) is 3.18. The molecule has 2 heterocycles. The zero-order valence-corrected chi connectivity index (χ0v) is 16.1. The van der Waals surface area contributed by atoms with E-state index in [1.54, 1.807) is 6.07 Å². The molecule has 0 spiro atoms. The number of benzene rings is 1. The summed E-state index contributed by atoms with van der Waals surface area (Å²) in [6.07, 6.45) is 6.58. The first kappa shape index (κ1) is 18.2. The van der Waals surface area contributed by atoms with Gasteiger partial charge in [-0.1, -0.05) is 24.3 Å². The summed E-state index contributed by atoms with van der Waals surface area (Å²) in [5.74, 6) is 0.922. The van der Waals surface area contributed by atoms with Crippen molar-refractivity contribution in [1.82, 2.24) is 10.3 Å². The predicted molar refractivity (Wildman–Crippen MR) is 109 cm³/mol. The molecule has 4 rings (SSSR count). The van der Waals surface area contributed by atoms with Gasteiger partial charge in [-0.15, -0.1) is 0 Å². The Hall–Kier alpha value is -3.15. The zero-order valence-electron chi connectivity index (χ0n) is 16.1. The van der Waals surface area contributed by atoms with Gasteiger partial charge < -0.3 is 15.5 Å². The maximum Gasteiger partial charge on any atom is 0.256 e. The number of aromatic nitrogens is 1. The first-order valence-electron chi connectivity index (χ1n) is 9.59. The van der Waals surface area contributed by atoms with Crippen molar-refractivity contribution in [2.24, 2.45) is 5.92 Å². The Morgan fingerprint density at radius 2 is 2.04 bits per heavy atom. The lowest BCUT2D eigenvalue weighted by Gasteiger charge is -2.35. The molecule has 28 heavy (non-hydrogen) atoms.